The molecule has 36 heavy (non-hydrogen) atoms. The smallest absolute Gasteiger partial charge is 0.410 e. The lowest BCUT2D eigenvalue weighted by Crippen LogP contribution is -2.46. The second-order valence-corrected chi connectivity index (χ2v) is 12.3. The van der Waals surface area contributed by atoms with Gasteiger partial charge < -0.3 is 15.0 Å². The zero-order chi connectivity index (χ0) is 25.9. The van der Waals surface area contributed by atoms with Crippen LogP contribution in [0.2, 0.25) is 0 Å². The Kier molecular flexibility index (Phi) is 7.90. The molecule has 1 saturated heterocycles. The molecule has 0 unspecified atom stereocenters. The van der Waals surface area contributed by atoms with Crippen LogP contribution in [0, 0.1) is 0 Å². The van der Waals surface area contributed by atoms with Gasteiger partial charge in [-0.3, -0.25) is 9.79 Å². The Labute approximate surface area is 221 Å². The standard InChI is InChI=1S/C27H34N4O3S2/c1-18(2)19-8-10-20(11-9-19)28-22(32)17-36-24-23(21-7-6-16-35-21)29-27(30-24)12-14-31(15-13-27)25(33)34-26(3,4)5/h6-11,16,18H,12-15,17H2,1-5H3,(H,28,32). The van der Waals surface area contributed by atoms with Crippen LogP contribution in [0.15, 0.2) is 51.8 Å². The van der Waals surface area contributed by atoms with Crippen LogP contribution in [0.3, 0.4) is 0 Å². The van der Waals surface area contributed by atoms with E-state index in [1.54, 1.807) is 16.2 Å². The Morgan fingerprint density at radius 1 is 1.14 bits per heavy atom. The summed E-state index contributed by atoms with van der Waals surface area (Å²) < 4.78 is 5.53. The Morgan fingerprint density at radius 2 is 1.83 bits per heavy atom. The number of amides is 2. The largest absolute Gasteiger partial charge is 0.444 e. The van der Waals surface area contributed by atoms with Gasteiger partial charge in [-0.25, -0.2) is 9.79 Å². The number of aliphatic imine (C=N–C) groups is 2. The highest BCUT2D eigenvalue weighted by Crippen LogP contribution is 2.36. The number of nitrogens with one attached hydrogen (secondary N) is 1. The summed E-state index contributed by atoms with van der Waals surface area (Å²) in [4.78, 5) is 38.0. The minimum atomic E-state index is -0.594. The summed E-state index contributed by atoms with van der Waals surface area (Å²) in [5.41, 5.74) is 1.75. The number of piperidine rings is 1. The predicted octanol–water partition coefficient (Wildman–Crippen LogP) is 6.17. The number of rotatable bonds is 5. The van der Waals surface area contributed by atoms with E-state index in [0.29, 0.717) is 31.8 Å². The molecular weight excluding hydrogens is 492 g/mol. The van der Waals surface area contributed by atoms with E-state index in [1.807, 2.05) is 62.5 Å². The average Bonchev–Trinajstić information content (AvgIpc) is 3.46. The number of likely N-dealkylation sites (tertiary alicyclic amines) is 1. The number of hydrogen-bond acceptors (Lipinski definition) is 7. The zero-order valence-corrected chi connectivity index (χ0v) is 23.2. The molecule has 0 aliphatic carbocycles. The van der Waals surface area contributed by atoms with Crippen LogP contribution >= 0.6 is 23.1 Å². The van der Waals surface area contributed by atoms with Crippen LogP contribution in [0.1, 0.15) is 63.8 Å². The van der Waals surface area contributed by atoms with Crippen LogP contribution in [-0.4, -0.2) is 57.8 Å². The van der Waals surface area contributed by atoms with E-state index in [9.17, 15) is 9.59 Å². The molecule has 192 valence electrons. The maximum atomic E-state index is 12.7. The minimum Gasteiger partial charge on any atom is -0.444 e. The minimum absolute atomic E-state index is 0.0776. The molecule has 1 aromatic carbocycles. The number of carbonyl (C=O) groups excluding carboxylic acids is 2. The number of anilines is 1. The van der Waals surface area contributed by atoms with E-state index in [1.165, 1.54) is 17.3 Å². The number of nitrogens with zero attached hydrogens (tertiary/aromatic N) is 3. The molecule has 3 heterocycles. The third-order valence-corrected chi connectivity index (χ3v) is 7.84. The van der Waals surface area contributed by atoms with Gasteiger partial charge in [0.2, 0.25) is 5.91 Å². The molecule has 0 saturated carbocycles. The first kappa shape index (κ1) is 26.4. The van der Waals surface area contributed by atoms with Crippen LogP contribution in [-0.2, 0) is 9.53 Å². The number of thioether (sulfide) groups is 1. The highest BCUT2D eigenvalue weighted by molar-refractivity contribution is 8.16. The van der Waals surface area contributed by atoms with Gasteiger partial charge >= 0.3 is 6.09 Å². The van der Waals surface area contributed by atoms with Gasteiger partial charge in [-0.15, -0.1) is 11.3 Å². The van der Waals surface area contributed by atoms with Gasteiger partial charge in [0.05, 0.1) is 10.6 Å². The van der Waals surface area contributed by atoms with Gasteiger partial charge in [0, 0.05) is 31.6 Å². The van der Waals surface area contributed by atoms with Gasteiger partial charge in [-0.1, -0.05) is 43.8 Å². The molecule has 7 nitrogen and oxygen atoms in total. The highest BCUT2D eigenvalue weighted by atomic mass is 32.2. The van der Waals surface area contributed by atoms with E-state index in [2.05, 4.69) is 19.2 Å². The summed E-state index contributed by atoms with van der Waals surface area (Å²) in [5.74, 6) is 0.616. The summed E-state index contributed by atoms with van der Waals surface area (Å²) in [6.45, 7) is 11.0. The van der Waals surface area contributed by atoms with Crippen molar-refractivity contribution in [3.63, 3.8) is 0 Å². The van der Waals surface area contributed by atoms with Crippen molar-refractivity contribution in [3.05, 3.63) is 52.2 Å². The Balaban J connectivity index is 1.41. The van der Waals surface area contributed by atoms with Crippen molar-refractivity contribution in [2.24, 2.45) is 9.98 Å². The molecule has 1 fully saturated rings. The highest BCUT2D eigenvalue weighted by Gasteiger charge is 2.41. The van der Waals surface area contributed by atoms with Gasteiger partial charge in [0.25, 0.3) is 0 Å². The lowest BCUT2D eigenvalue weighted by molar-refractivity contribution is -0.113. The van der Waals surface area contributed by atoms with Crippen LogP contribution in [0.5, 0.6) is 0 Å². The maximum Gasteiger partial charge on any atom is 0.410 e. The second kappa shape index (κ2) is 10.8. The Morgan fingerprint density at radius 3 is 2.42 bits per heavy atom. The molecule has 1 aromatic heterocycles. The van der Waals surface area contributed by atoms with E-state index in [0.717, 1.165) is 21.3 Å². The van der Waals surface area contributed by atoms with E-state index in [4.69, 9.17) is 14.7 Å². The molecule has 0 atom stereocenters. The number of hydrogen-bond donors (Lipinski definition) is 1. The SMILES string of the molecule is CC(C)c1ccc(NC(=O)CSC2=NC3(CCN(C(=O)OC(C)(C)C)CC3)N=C2c2cccs2)cc1. The summed E-state index contributed by atoms with van der Waals surface area (Å²) in [5, 5.41) is 5.78. The van der Waals surface area contributed by atoms with E-state index < -0.39 is 11.3 Å². The third kappa shape index (κ3) is 6.56. The van der Waals surface area contributed by atoms with Crippen molar-refractivity contribution >= 4 is 51.5 Å². The Bertz CT molecular complexity index is 1140. The maximum absolute atomic E-state index is 12.7. The number of carbonyl (C=O) groups is 2. The van der Waals surface area contributed by atoms with Crippen molar-refractivity contribution in [1.29, 1.82) is 0 Å². The van der Waals surface area contributed by atoms with Crippen molar-refractivity contribution < 1.29 is 14.3 Å². The fourth-order valence-electron chi connectivity index (χ4n) is 4.08. The summed E-state index contributed by atoms with van der Waals surface area (Å²) in [6.07, 6.45) is 0.952. The van der Waals surface area contributed by atoms with Gasteiger partial charge in [0.15, 0.2) is 5.66 Å². The predicted molar refractivity (Wildman–Crippen MR) is 150 cm³/mol. The van der Waals surface area contributed by atoms with Crippen LogP contribution in [0.25, 0.3) is 0 Å². The first-order chi connectivity index (χ1) is 17.0. The van der Waals surface area contributed by atoms with Gasteiger partial charge in [-0.05, 0) is 55.8 Å². The number of benzene rings is 1. The van der Waals surface area contributed by atoms with E-state index >= 15 is 0 Å². The molecule has 0 bridgehead atoms. The summed E-state index contributed by atoms with van der Waals surface area (Å²) >= 11 is 3.03. The molecule has 0 radical (unpaired) electrons. The first-order valence-electron chi connectivity index (χ1n) is 12.3. The zero-order valence-electron chi connectivity index (χ0n) is 21.5. The lowest BCUT2D eigenvalue weighted by atomic mass is 9.99. The summed E-state index contributed by atoms with van der Waals surface area (Å²) in [6, 6.07) is 12.0. The molecule has 1 N–H and O–H groups in total. The first-order valence-corrected chi connectivity index (χ1v) is 14.1. The number of ether oxygens (including phenoxy) is 1. The Hall–Kier alpha value is -2.65. The van der Waals surface area contributed by atoms with Crippen LogP contribution < -0.4 is 5.32 Å². The van der Waals surface area contributed by atoms with Gasteiger partial charge in [0.1, 0.15) is 16.4 Å². The molecule has 4 rings (SSSR count). The fraction of sp³-hybridized carbons (Fsp3) is 0.481. The number of thiophene rings is 1. The summed E-state index contributed by atoms with van der Waals surface area (Å²) in [7, 11) is 0. The van der Waals surface area contributed by atoms with Crippen LogP contribution in [0.4, 0.5) is 10.5 Å². The molecule has 9 heteroatoms. The lowest BCUT2D eigenvalue weighted by Gasteiger charge is -2.36. The van der Waals surface area contributed by atoms with Crippen molar-refractivity contribution in [2.45, 2.75) is 64.6 Å². The van der Waals surface area contributed by atoms with Crippen molar-refractivity contribution in [2.75, 3.05) is 24.2 Å². The topological polar surface area (TPSA) is 83.4 Å². The molecule has 2 aliphatic rings. The van der Waals surface area contributed by atoms with Crippen molar-refractivity contribution in [1.82, 2.24) is 4.90 Å². The molecule has 1 spiro atoms. The van der Waals surface area contributed by atoms with E-state index in [-0.39, 0.29) is 17.8 Å². The normalized spacial score (nSPS) is 17.2. The third-order valence-electron chi connectivity index (χ3n) is 6.00. The quantitative estimate of drug-likeness (QED) is 0.505. The molecular formula is C27H34N4O3S2. The van der Waals surface area contributed by atoms with Gasteiger partial charge in [-0.2, -0.15) is 0 Å². The van der Waals surface area contributed by atoms with Crippen molar-refractivity contribution in [3.8, 4) is 0 Å². The fourth-order valence-corrected chi connectivity index (χ4v) is 5.72. The molecule has 2 aliphatic heterocycles. The molecule has 2 amide bonds. The average molecular weight is 527 g/mol. The second-order valence-electron chi connectivity index (χ2n) is 10.4. The molecule has 2 aromatic rings. The monoisotopic (exact) mass is 526 g/mol.